The van der Waals surface area contributed by atoms with Crippen LogP contribution >= 0.6 is 34.8 Å². The molecule has 1 heterocycles. The second-order valence-corrected chi connectivity index (χ2v) is 6.81. The molecule has 0 amide bonds. The Hall–Kier alpha value is -0.440. The summed E-state index contributed by atoms with van der Waals surface area (Å²) >= 11 is 18.5. The number of alkyl halides is 1. The van der Waals surface area contributed by atoms with E-state index in [0.717, 1.165) is 23.3 Å². The molecule has 3 unspecified atom stereocenters. The van der Waals surface area contributed by atoms with Crippen LogP contribution in [-0.4, -0.2) is 9.55 Å². The predicted octanol–water partition coefficient (Wildman–Crippen LogP) is 6.25. The molecule has 0 bridgehead atoms. The molecular weight excluding hydrogens is 315 g/mol. The summed E-state index contributed by atoms with van der Waals surface area (Å²) in [5, 5.41) is 0.908. The van der Waals surface area contributed by atoms with E-state index in [0.29, 0.717) is 22.0 Å². The van der Waals surface area contributed by atoms with Gasteiger partial charge in [0, 0.05) is 6.04 Å². The molecule has 1 aromatic carbocycles. The highest BCUT2D eigenvalue weighted by molar-refractivity contribution is 6.42. The highest BCUT2D eigenvalue weighted by Crippen LogP contribution is 2.35. The van der Waals surface area contributed by atoms with Crippen molar-refractivity contribution >= 4 is 45.8 Å². The fourth-order valence-electron chi connectivity index (χ4n) is 2.41. The summed E-state index contributed by atoms with van der Waals surface area (Å²) in [4.78, 5) is 4.64. The minimum Gasteiger partial charge on any atom is -0.324 e. The summed E-state index contributed by atoms with van der Waals surface area (Å²) in [6.07, 6.45) is 1.10. The first-order valence-electron chi connectivity index (χ1n) is 6.87. The molecular formula is C15H19Cl3N2. The van der Waals surface area contributed by atoms with Crippen LogP contribution in [0.15, 0.2) is 12.1 Å². The zero-order chi connectivity index (χ0) is 15.0. The van der Waals surface area contributed by atoms with E-state index < -0.39 is 0 Å². The van der Waals surface area contributed by atoms with E-state index in [1.807, 2.05) is 19.1 Å². The molecule has 0 aliphatic rings. The first-order chi connectivity index (χ1) is 9.36. The van der Waals surface area contributed by atoms with Gasteiger partial charge in [0.15, 0.2) is 0 Å². The zero-order valence-corrected chi connectivity index (χ0v) is 14.4. The molecule has 3 atom stereocenters. The van der Waals surface area contributed by atoms with Crippen LogP contribution in [0, 0.1) is 5.92 Å². The van der Waals surface area contributed by atoms with Crippen molar-refractivity contribution in [2.24, 2.45) is 5.92 Å². The Labute approximate surface area is 135 Å². The maximum Gasteiger partial charge on any atom is 0.127 e. The molecule has 0 aliphatic heterocycles. The van der Waals surface area contributed by atoms with Gasteiger partial charge in [-0.3, -0.25) is 0 Å². The number of aromatic nitrogens is 2. The van der Waals surface area contributed by atoms with Crippen LogP contribution in [0.3, 0.4) is 0 Å². The SMILES string of the molecule is CCC(C)C(C)n1c(C(C)Cl)nc2cc(Cl)c(Cl)cc21. The first kappa shape index (κ1) is 15.9. The number of halogens is 3. The smallest absolute Gasteiger partial charge is 0.127 e. The number of benzene rings is 1. The van der Waals surface area contributed by atoms with Gasteiger partial charge < -0.3 is 4.57 Å². The van der Waals surface area contributed by atoms with Crippen molar-refractivity contribution in [1.82, 2.24) is 9.55 Å². The van der Waals surface area contributed by atoms with Gasteiger partial charge in [-0.1, -0.05) is 43.5 Å². The summed E-state index contributed by atoms with van der Waals surface area (Å²) in [6.45, 7) is 8.55. The standard InChI is InChI=1S/C15H19Cl3N2/c1-5-8(2)10(4)20-14-7-12(18)11(17)6-13(14)19-15(20)9(3)16/h6-10H,5H2,1-4H3. The lowest BCUT2D eigenvalue weighted by Crippen LogP contribution is -2.16. The number of imidazole rings is 1. The van der Waals surface area contributed by atoms with E-state index in [9.17, 15) is 0 Å². The number of rotatable bonds is 4. The van der Waals surface area contributed by atoms with Crippen LogP contribution < -0.4 is 0 Å². The fraction of sp³-hybridized carbons (Fsp3) is 0.533. The Morgan fingerprint density at radius 3 is 2.30 bits per heavy atom. The maximum absolute atomic E-state index is 6.30. The molecule has 2 aromatic rings. The molecule has 0 saturated heterocycles. The molecule has 0 spiro atoms. The Bertz CT molecular complexity index is 619. The third-order valence-corrected chi connectivity index (χ3v) is 4.91. The topological polar surface area (TPSA) is 17.8 Å². The summed E-state index contributed by atoms with van der Waals surface area (Å²) in [5.74, 6) is 1.39. The average molecular weight is 334 g/mol. The largest absolute Gasteiger partial charge is 0.324 e. The average Bonchev–Trinajstić information content (AvgIpc) is 2.76. The number of hydrogen-bond acceptors (Lipinski definition) is 1. The van der Waals surface area contributed by atoms with Crippen molar-refractivity contribution < 1.29 is 0 Å². The van der Waals surface area contributed by atoms with Gasteiger partial charge in [0.2, 0.25) is 0 Å². The molecule has 1 aromatic heterocycles. The molecule has 0 saturated carbocycles. The summed E-state index contributed by atoms with van der Waals surface area (Å²) < 4.78 is 2.20. The van der Waals surface area contributed by atoms with Gasteiger partial charge in [0.1, 0.15) is 5.82 Å². The quantitative estimate of drug-likeness (QED) is 0.605. The molecule has 0 fully saturated rings. The Kier molecular flexibility index (Phi) is 4.88. The highest BCUT2D eigenvalue weighted by Gasteiger charge is 2.22. The predicted molar refractivity (Wildman–Crippen MR) is 88.2 cm³/mol. The van der Waals surface area contributed by atoms with Crippen LogP contribution in [0.2, 0.25) is 10.0 Å². The van der Waals surface area contributed by atoms with Crippen molar-refractivity contribution in [3.63, 3.8) is 0 Å². The van der Waals surface area contributed by atoms with Gasteiger partial charge in [-0.2, -0.15) is 0 Å². The van der Waals surface area contributed by atoms with Crippen LogP contribution in [0.1, 0.15) is 51.4 Å². The Balaban J connectivity index is 2.71. The number of hydrogen-bond donors (Lipinski definition) is 0. The molecule has 2 rings (SSSR count). The van der Waals surface area contributed by atoms with Crippen LogP contribution in [0.4, 0.5) is 0 Å². The Morgan fingerprint density at radius 1 is 1.15 bits per heavy atom. The minimum absolute atomic E-state index is 0.161. The van der Waals surface area contributed by atoms with Crippen molar-refractivity contribution in [3.8, 4) is 0 Å². The molecule has 110 valence electrons. The van der Waals surface area contributed by atoms with E-state index >= 15 is 0 Å². The first-order valence-corrected chi connectivity index (χ1v) is 8.07. The van der Waals surface area contributed by atoms with Gasteiger partial charge in [-0.15, -0.1) is 11.6 Å². The molecule has 0 radical (unpaired) electrons. The van der Waals surface area contributed by atoms with Crippen molar-refractivity contribution in [2.45, 2.75) is 45.5 Å². The van der Waals surface area contributed by atoms with Crippen LogP contribution in [0.25, 0.3) is 11.0 Å². The van der Waals surface area contributed by atoms with Crippen molar-refractivity contribution in [3.05, 3.63) is 28.0 Å². The summed E-state index contributed by atoms with van der Waals surface area (Å²) in [7, 11) is 0. The van der Waals surface area contributed by atoms with Crippen LogP contribution in [-0.2, 0) is 0 Å². The lowest BCUT2D eigenvalue weighted by atomic mass is 10.0. The third-order valence-electron chi connectivity index (χ3n) is 3.99. The van der Waals surface area contributed by atoms with Crippen molar-refractivity contribution in [1.29, 1.82) is 0 Å². The van der Waals surface area contributed by atoms with E-state index in [1.165, 1.54) is 0 Å². The second kappa shape index (κ2) is 6.13. The van der Waals surface area contributed by atoms with Gasteiger partial charge in [0.05, 0.1) is 26.5 Å². The van der Waals surface area contributed by atoms with Gasteiger partial charge >= 0.3 is 0 Å². The zero-order valence-electron chi connectivity index (χ0n) is 12.1. The van der Waals surface area contributed by atoms with Crippen LogP contribution in [0.5, 0.6) is 0 Å². The lowest BCUT2D eigenvalue weighted by molar-refractivity contribution is 0.369. The van der Waals surface area contributed by atoms with E-state index in [-0.39, 0.29) is 5.38 Å². The van der Waals surface area contributed by atoms with Gasteiger partial charge in [-0.05, 0) is 31.9 Å². The van der Waals surface area contributed by atoms with E-state index in [2.05, 4.69) is 30.3 Å². The fourth-order valence-corrected chi connectivity index (χ4v) is 2.88. The third kappa shape index (κ3) is 2.79. The molecule has 2 nitrogen and oxygen atoms in total. The summed E-state index contributed by atoms with van der Waals surface area (Å²) in [6, 6.07) is 3.99. The Morgan fingerprint density at radius 2 is 1.75 bits per heavy atom. The van der Waals surface area contributed by atoms with Gasteiger partial charge in [-0.25, -0.2) is 4.98 Å². The number of fused-ring (bicyclic) bond motifs is 1. The molecule has 5 heteroatoms. The molecule has 0 aliphatic carbocycles. The second-order valence-electron chi connectivity index (χ2n) is 5.34. The van der Waals surface area contributed by atoms with Gasteiger partial charge in [0.25, 0.3) is 0 Å². The summed E-state index contributed by atoms with van der Waals surface area (Å²) in [5.41, 5.74) is 1.84. The van der Waals surface area contributed by atoms with Crippen molar-refractivity contribution in [2.75, 3.05) is 0 Å². The van der Waals surface area contributed by atoms with E-state index in [4.69, 9.17) is 34.8 Å². The maximum atomic E-state index is 6.30. The highest BCUT2D eigenvalue weighted by atomic mass is 35.5. The lowest BCUT2D eigenvalue weighted by Gasteiger charge is -2.24. The minimum atomic E-state index is -0.161. The monoisotopic (exact) mass is 332 g/mol. The number of nitrogens with zero attached hydrogens (tertiary/aromatic N) is 2. The normalized spacial score (nSPS) is 16.4. The molecule has 20 heavy (non-hydrogen) atoms. The van der Waals surface area contributed by atoms with E-state index in [1.54, 1.807) is 0 Å². The molecule has 0 N–H and O–H groups in total.